The third kappa shape index (κ3) is 3.26. The van der Waals surface area contributed by atoms with Crippen LogP contribution in [0.4, 0.5) is 5.69 Å². The normalized spacial score (nSPS) is 12.4. The number of hydrogen-bond donors (Lipinski definition) is 1. The summed E-state index contributed by atoms with van der Waals surface area (Å²) in [6.45, 7) is 5.05. The molecule has 0 saturated heterocycles. The zero-order valence-electron chi connectivity index (χ0n) is 10.9. The first-order valence-electron chi connectivity index (χ1n) is 5.98. The second kappa shape index (κ2) is 5.91. The van der Waals surface area contributed by atoms with Gasteiger partial charge in [-0.3, -0.25) is 0 Å². The molecule has 18 heavy (non-hydrogen) atoms. The van der Waals surface area contributed by atoms with Crippen molar-refractivity contribution in [2.75, 3.05) is 11.9 Å². The maximum atomic E-state index is 4.16. The first-order chi connectivity index (χ1) is 8.66. The maximum absolute atomic E-state index is 4.16. The Bertz CT molecular complexity index is 495. The van der Waals surface area contributed by atoms with Crippen LogP contribution in [0.2, 0.25) is 0 Å². The molecule has 96 valence electrons. The monoisotopic (exact) mass is 262 g/mol. The van der Waals surface area contributed by atoms with Crippen LogP contribution in [0, 0.1) is 6.92 Å². The smallest absolute Gasteiger partial charge is 0.191 e. The second-order valence-electron chi connectivity index (χ2n) is 4.26. The Balaban J connectivity index is 1.86. The summed E-state index contributed by atoms with van der Waals surface area (Å²) in [5, 5.41) is 13.0. The summed E-state index contributed by atoms with van der Waals surface area (Å²) < 4.78 is 2.02. The molecule has 1 atom stereocenters. The number of rotatable bonds is 5. The second-order valence-corrected chi connectivity index (χ2v) is 5.67. The van der Waals surface area contributed by atoms with Gasteiger partial charge < -0.3 is 9.88 Å². The van der Waals surface area contributed by atoms with Gasteiger partial charge in [-0.1, -0.05) is 36.9 Å². The van der Waals surface area contributed by atoms with Gasteiger partial charge in [0.15, 0.2) is 5.16 Å². The molecule has 4 nitrogen and oxygen atoms in total. The quantitative estimate of drug-likeness (QED) is 0.841. The van der Waals surface area contributed by atoms with E-state index in [4.69, 9.17) is 0 Å². The van der Waals surface area contributed by atoms with Crippen molar-refractivity contribution < 1.29 is 0 Å². The van der Waals surface area contributed by atoms with Crippen molar-refractivity contribution in [2.24, 2.45) is 7.05 Å². The summed E-state index contributed by atoms with van der Waals surface area (Å²) in [7, 11) is 2.00. The van der Waals surface area contributed by atoms with E-state index in [1.807, 2.05) is 36.7 Å². The summed E-state index contributed by atoms with van der Waals surface area (Å²) in [4.78, 5) is 0. The van der Waals surface area contributed by atoms with Crippen LogP contribution < -0.4 is 5.32 Å². The number of benzene rings is 1. The van der Waals surface area contributed by atoms with E-state index in [-0.39, 0.29) is 0 Å². The molecule has 0 bridgehead atoms. The molecule has 0 aliphatic heterocycles. The third-order valence-electron chi connectivity index (χ3n) is 2.73. The van der Waals surface area contributed by atoms with Crippen molar-refractivity contribution in [1.29, 1.82) is 0 Å². The van der Waals surface area contributed by atoms with E-state index in [1.165, 1.54) is 0 Å². The van der Waals surface area contributed by atoms with Crippen LogP contribution in [0.25, 0.3) is 0 Å². The Labute approximate surface area is 112 Å². The minimum atomic E-state index is 0.438. The van der Waals surface area contributed by atoms with Crippen LogP contribution in [0.3, 0.4) is 0 Å². The van der Waals surface area contributed by atoms with E-state index >= 15 is 0 Å². The summed E-state index contributed by atoms with van der Waals surface area (Å²) in [5.74, 6) is 0.945. The van der Waals surface area contributed by atoms with E-state index < -0.39 is 0 Å². The van der Waals surface area contributed by atoms with Gasteiger partial charge in [-0.2, -0.15) is 0 Å². The number of aryl methyl sites for hydroxylation is 1. The minimum absolute atomic E-state index is 0.438. The molecule has 1 heterocycles. The molecule has 0 aliphatic rings. The summed E-state index contributed by atoms with van der Waals surface area (Å²) >= 11 is 1.74. The molecular formula is C13H18N4S. The largest absolute Gasteiger partial charge is 0.384 e. The average Bonchev–Trinajstić information content (AvgIpc) is 2.70. The molecule has 1 N–H and O–H groups in total. The topological polar surface area (TPSA) is 42.7 Å². The first kappa shape index (κ1) is 13.0. The van der Waals surface area contributed by atoms with Gasteiger partial charge in [0.25, 0.3) is 0 Å². The number of nitrogens with zero attached hydrogens (tertiary/aromatic N) is 3. The average molecular weight is 262 g/mol. The van der Waals surface area contributed by atoms with Crippen molar-refractivity contribution >= 4 is 17.4 Å². The fourth-order valence-electron chi connectivity index (χ4n) is 1.53. The molecule has 0 saturated carbocycles. The van der Waals surface area contributed by atoms with Crippen LogP contribution in [-0.2, 0) is 7.05 Å². The first-order valence-corrected chi connectivity index (χ1v) is 6.86. The summed E-state index contributed by atoms with van der Waals surface area (Å²) in [6, 6.07) is 10.2. The highest BCUT2D eigenvalue weighted by molar-refractivity contribution is 7.99. The fourth-order valence-corrected chi connectivity index (χ4v) is 2.43. The highest BCUT2D eigenvalue weighted by Gasteiger charge is 2.10. The SMILES string of the molecule is Cc1nnc(SC(C)CNc2ccccc2)n1C. The van der Waals surface area contributed by atoms with Crippen LogP contribution in [0.15, 0.2) is 35.5 Å². The molecule has 1 aromatic carbocycles. The standard InChI is InChI=1S/C13H18N4S/c1-10(9-14-12-7-5-4-6-8-12)18-13-16-15-11(2)17(13)3/h4-8,10,14H,9H2,1-3H3. The van der Waals surface area contributed by atoms with Gasteiger partial charge in [0, 0.05) is 24.5 Å². The van der Waals surface area contributed by atoms with Crippen molar-refractivity contribution in [1.82, 2.24) is 14.8 Å². The van der Waals surface area contributed by atoms with Crippen LogP contribution in [-0.4, -0.2) is 26.6 Å². The summed E-state index contributed by atoms with van der Waals surface area (Å²) in [5.41, 5.74) is 1.15. The van der Waals surface area contributed by atoms with Gasteiger partial charge in [0.05, 0.1) is 0 Å². The van der Waals surface area contributed by atoms with Crippen molar-refractivity contribution in [3.05, 3.63) is 36.2 Å². The van der Waals surface area contributed by atoms with Crippen molar-refractivity contribution in [3.63, 3.8) is 0 Å². The molecular weight excluding hydrogens is 244 g/mol. The van der Waals surface area contributed by atoms with Gasteiger partial charge >= 0.3 is 0 Å². The lowest BCUT2D eigenvalue weighted by Gasteiger charge is -2.12. The fraction of sp³-hybridized carbons (Fsp3) is 0.385. The number of anilines is 1. The van der Waals surface area contributed by atoms with Crippen LogP contribution in [0.1, 0.15) is 12.7 Å². The number of thioether (sulfide) groups is 1. The molecule has 2 aromatic rings. The zero-order valence-corrected chi connectivity index (χ0v) is 11.7. The van der Waals surface area contributed by atoms with Crippen molar-refractivity contribution in [2.45, 2.75) is 24.3 Å². The lowest BCUT2D eigenvalue weighted by molar-refractivity contribution is 0.762. The maximum Gasteiger partial charge on any atom is 0.191 e. The Hall–Kier alpha value is -1.49. The molecule has 1 aromatic heterocycles. The zero-order chi connectivity index (χ0) is 13.0. The number of hydrogen-bond acceptors (Lipinski definition) is 4. The summed E-state index contributed by atoms with van der Waals surface area (Å²) in [6.07, 6.45) is 0. The highest BCUT2D eigenvalue weighted by Crippen LogP contribution is 2.21. The Kier molecular flexibility index (Phi) is 4.25. The number of aromatic nitrogens is 3. The van der Waals surface area contributed by atoms with Gasteiger partial charge in [-0.15, -0.1) is 10.2 Å². The lowest BCUT2D eigenvalue weighted by atomic mass is 10.3. The van der Waals surface area contributed by atoms with E-state index in [0.29, 0.717) is 5.25 Å². The van der Waals surface area contributed by atoms with Gasteiger partial charge in [0.1, 0.15) is 5.82 Å². The van der Waals surface area contributed by atoms with Gasteiger partial charge in [0.2, 0.25) is 0 Å². The predicted molar refractivity (Wildman–Crippen MR) is 76.0 cm³/mol. The molecule has 5 heteroatoms. The van der Waals surface area contributed by atoms with Gasteiger partial charge in [-0.25, -0.2) is 0 Å². The minimum Gasteiger partial charge on any atom is -0.384 e. The van der Waals surface area contributed by atoms with Crippen LogP contribution in [0.5, 0.6) is 0 Å². The number of nitrogens with one attached hydrogen (secondary N) is 1. The van der Waals surface area contributed by atoms with Gasteiger partial charge in [-0.05, 0) is 19.1 Å². The molecule has 0 fully saturated rings. The van der Waals surface area contributed by atoms with E-state index in [9.17, 15) is 0 Å². The molecule has 1 unspecified atom stereocenters. The van der Waals surface area contributed by atoms with E-state index in [0.717, 1.165) is 23.2 Å². The Morgan fingerprint density at radius 3 is 2.61 bits per heavy atom. The van der Waals surface area contributed by atoms with E-state index in [1.54, 1.807) is 11.8 Å². The Morgan fingerprint density at radius 2 is 2.00 bits per heavy atom. The molecule has 0 radical (unpaired) electrons. The third-order valence-corrected chi connectivity index (χ3v) is 3.86. The molecule has 0 spiro atoms. The lowest BCUT2D eigenvalue weighted by Crippen LogP contribution is -2.13. The molecule has 0 aliphatic carbocycles. The molecule has 0 amide bonds. The van der Waals surface area contributed by atoms with Crippen molar-refractivity contribution in [3.8, 4) is 0 Å². The number of para-hydroxylation sites is 1. The predicted octanol–water partition coefficient (Wildman–Crippen LogP) is 2.72. The Morgan fingerprint density at radius 1 is 1.28 bits per heavy atom. The van der Waals surface area contributed by atoms with E-state index in [2.05, 4.69) is 34.6 Å². The highest BCUT2D eigenvalue weighted by atomic mass is 32.2. The molecule has 2 rings (SSSR count). The van der Waals surface area contributed by atoms with Crippen LogP contribution >= 0.6 is 11.8 Å².